The van der Waals surface area contributed by atoms with Crippen molar-refractivity contribution in [3.8, 4) is 0 Å². The number of tetrazole rings is 1. The molecule has 0 saturated heterocycles. The molecule has 0 aliphatic rings. The van der Waals surface area contributed by atoms with Crippen LogP contribution in [0, 0.1) is 0 Å². The van der Waals surface area contributed by atoms with Crippen LogP contribution in [-0.4, -0.2) is 29.8 Å². The highest BCUT2D eigenvalue weighted by Crippen LogP contribution is 2.13. The van der Waals surface area contributed by atoms with Crippen LogP contribution in [0.1, 0.15) is 25.6 Å². The maximum atomic E-state index is 12.3. The number of aromatic nitrogens is 6. The highest BCUT2D eigenvalue weighted by molar-refractivity contribution is 7.16. The van der Waals surface area contributed by atoms with E-state index in [0.717, 1.165) is 24.2 Å². The molecule has 3 heterocycles. The van der Waals surface area contributed by atoms with Gasteiger partial charge < -0.3 is 0 Å². The van der Waals surface area contributed by atoms with Gasteiger partial charge in [-0.3, -0.25) is 9.36 Å². The summed E-state index contributed by atoms with van der Waals surface area (Å²) >= 11 is 1.46. The Labute approximate surface area is 118 Å². The van der Waals surface area contributed by atoms with Crippen LogP contribution in [0.25, 0.3) is 10.2 Å². The Kier molecular flexibility index (Phi) is 3.55. The molecule has 0 aromatic carbocycles. The van der Waals surface area contributed by atoms with Gasteiger partial charge in [-0.25, -0.2) is 9.67 Å². The van der Waals surface area contributed by atoms with Crippen molar-refractivity contribution in [1.29, 1.82) is 0 Å². The molecule has 0 unspecified atom stereocenters. The highest BCUT2D eigenvalue weighted by Gasteiger charge is 2.10. The van der Waals surface area contributed by atoms with Crippen LogP contribution < -0.4 is 5.56 Å². The Balaban J connectivity index is 1.91. The Morgan fingerprint density at radius 2 is 2.30 bits per heavy atom. The van der Waals surface area contributed by atoms with Crippen molar-refractivity contribution in [3.63, 3.8) is 0 Å². The zero-order valence-corrected chi connectivity index (χ0v) is 11.9. The molecule has 8 heteroatoms. The minimum Gasteiger partial charge on any atom is -0.291 e. The lowest BCUT2D eigenvalue weighted by Gasteiger charge is -2.05. The SMILES string of the molecule is CCCCn1nnnc1Cn1cnc2sccc2c1=O. The van der Waals surface area contributed by atoms with Crippen molar-refractivity contribution < 1.29 is 0 Å². The summed E-state index contributed by atoms with van der Waals surface area (Å²) in [6.07, 6.45) is 3.64. The fraction of sp³-hybridized carbons (Fsp3) is 0.417. The highest BCUT2D eigenvalue weighted by atomic mass is 32.1. The second kappa shape index (κ2) is 5.49. The molecule has 0 amide bonds. The molecule has 0 atom stereocenters. The van der Waals surface area contributed by atoms with E-state index >= 15 is 0 Å². The molecule has 0 aliphatic heterocycles. The van der Waals surface area contributed by atoms with Crippen molar-refractivity contribution in [2.45, 2.75) is 32.9 Å². The van der Waals surface area contributed by atoms with Gasteiger partial charge in [0.2, 0.25) is 0 Å². The number of nitrogens with zero attached hydrogens (tertiary/aromatic N) is 6. The van der Waals surface area contributed by atoms with Crippen molar-refractivity contribution in [1.82, 2.24) is 29.8 Å². The molecule has 0 fully saturated rings. The van der Waals surface area contributed by atoms with Crippen LogP contribution in [0.15, 0.2) is 22.6 Å². The van der Waals surface area contributed by atoms with Crippen molar-refractivity contribution in [2.75, 3.05) is 0 Å². The molecular formula is C12H14N6OS. The quantitative estimate of drug-likeness (QED) is 0.707. The van der Waals surface area contributed by atoms with Gasteiger partial charge in [-0.1, -0.05) is 13.3 Å². The standard InChI is InChI=1S/C12H14N6OS/c1-2-3-5-18-10(14-15-16-18)7-17-8-13-11-9(12(17)19)4-6-20-11/h4,6,8H,2-3,5,7H2,1H3. The van der Waals surface area contributed by atoms with Gasteiger partial charge in [0.15, 0.2) is 5.82 Å². The average Bonchev–Trinajstić information content (AvgIpc) is 3.09. The minimum absolute atomic E-state index is 0.0544. The van der Waals surface area contributed by atoms with Crippen LogP contribution >= 0.6 is 11.3 Å². The molecule has 20 heavy (non-hydrogen) atoms. The van der Waals surface area contributed by atoms with Gasteiger partial charge in [0, 0.05) is 6.54 Å². The van der Waals surface area contributed by atoms with Gasteiger partial charge in [0.25, 0.3) is 5.56 Å². The van der Waals surface area contributed by atoms with E-state index in [1.807, 2.05) is 5.38 Å². The van der Waals surface area contributed by atoms with Crippen molar-refractivity contribution in [3.05, 3.63) is 34.0 Å². The van der Waals surface area contributed by atoms with Crippen molar-refractivity contribution in [2.24, 2.45) is 0 Å². The molecule has 0 aliphatic carbocycles. The van der Waals surface area contributed by atoms with Gasteiger partial charge in [0.05, 0.1) is 18.3 Å². The molecule has 3 rings (SSSR count). The smallest absolute Gasteiger partial charge is 0.262 e. The summed E-state index contributed by atoms with van der Waals surface area (Å²) in [6, 6.07) is 1.80. The summed E-state index contributed by atoms with van der Waals surface area (Å²) in [7, 11) is 0. The largest absolute Gasteiger partial charge is 0.291 e. The molecule has 0 bridgehead atoms. The Morgan fingerprint density at radius 3 is 3.15 bits per heavy atom. The lowest BCUT2D eigenvalue weighted by Crippen LogP contribution is -2.22. The summed E-state index contributed by atoms with van der Waals surface area (Å²) in [5.41, 5.74) is -0.0544. The number of thiophene rings is 1. The summed E-state index contributed by atoms with van der Waals surface area (Å²) in [4.78, 5) is 17.3. The molecule has 3 aromatic heterocycles. The minimum atomic E-state index is -0.0544. The second-order valence-electron chi connectivity index (χ2n) is 4.49. The van der Waals surface area contributed by atoms with Crippen LogP contribution in [0.3, 0.4) is 0 Å². The zero-order valence-electron chi connectivity index (χ0n) is 11.1. The predicted molar refractivity (Wildman–Crippen MR) is 75.7 cm³/mol. The first-order valence-corrected chi connectivity index (χ1v) is 7.35. The van der Waals surface area contributed by atoms with E-state index in [9.17, 15) is 4.79 Å². The second-order valence-corrected chi connectivity index (χ2v) is 5.38. The third kappa shape index (κ3) is 2.34. The zero-order chi connectivity index (χ0) is 13.9. The molecule has 0 radical (unpaired) electrons. The first-order chi connectivity index (χ1) is 9.79. The fourth-order valence-corrected chi connectivity index (χ4v) is 2.70. The molecule has 0 spiro atoms. The first kappa shape index (κ1) is 12.9. The predicted octanol–water partition coefficient (Wildman–Crippen LogP) is 1.29. The summed E-state index contributed by atoms with van der Waals surface area (Å²) in [5.74, 6) is 0.678. The Bertz CT molecular complexity index is 773. The van der Waals surface area contributed by atoms with Gasteiger partial charge in [0.1, 0.15) is 4.83 Å². The number of hydrogen-bond donors (Lipinski definition) is 0. The average molecular weight is 290 g/mol. The van der Waals surface area contributed by atoms with E-state index in [2.05, 4.69) is 27.4 Å². The number of aryl methyl sites for hydroxylation is 1. The summed E-state index contributed by atoms with van der Waals surface area (Å²) in [6.45, 7) is 3.22. The van der Waals surface area contributed by atoms with E-state index < -0.39 is 0 Å². The topological polar surface area (TPSA) is 78.5 Å². The van der Waals surface area contributed by atoms with Gasteiger partial charge >= 0.3 is 0 Å². The maximum Gasteiger partial charge on any atom is 0.262 e. The molecular weight excluding hydrogens is 276 g/mol. The number of unbranched alkanes of at least 4 members (excludes halogenated alkanes) is 1. The first-order valence-electron chi connectivity index (χ1n) is 6.47. The number of rotatable bonds is 5. The monoisotopic (exact) mass is 290 g/mol. The van der Waals surface area contributed by atoms with Crippen LogP contribution in [0.4, 0.5) is 0 Å². The Hall–Kier alpha value is -2.09. The summed E-state index contributed by atoms with van der Waals surface area (Å²) < 4.78 is 3.29. The third-order valence-electron chi connectivity index (χ3n) is 3.09. The fourth-order valence-electron chi connectivity index (χ4n) is 1.98. The number of hydrogen-bond acceptors (Lipinski definition) is 6. The van der Waals surface area contributed by atoms with E-state index in [1.165, 1.54) is 11.3 Å². The molecule has 3 aromatic rings. The molecule has 104 valence electrons. The third-order valence-corrected chi connectivity index (χ3v) is 3.91. The maximum absolute atomic E-state index is 12.3. The van der Waals surface area contributed by atoms with E-state index in [-0.39, 0.29) is 5.56 Å². The van der Waals surface area contributed by atoms with Crippen LogP contribution in [-0.2, 0) is 13.1 Å². The Morgan fingerprint density at radius 1 is 1.40 bits per heavy atom. The van der Waals surface area contributed by atoms with E-state index in [4.69, 9.17) is 0 Å². The van der Waals surface area contributed by atoms with Gasteiger partial charge in [-0.05, 0) is 28.3 Å². The lowest BCUT2D eigenvalue weighted by atomic mass is 10.3. The van der Waals surface area contributed by atoms with Crippen molar-refractivity contribution >= 4 is 21.6 Å². The lowest BCUT2D eigenvalue weighted by molar-refractivity contribution is 0.521. The van der Waals surface area contributed by atoms with Gasteiger partial charge in [-0.15, -0.1) is 16.4 Å². The molecule has 7 nitrogen and oxygen atoms in total. The summed E-state index contributed by atoms with van der Waals surface area (Å²) in [5, 5.41) is 14.1. The van der Waals surface area contributed by atoms with E-state index in [0.29, 0.717) is 17.8 Å². The van der Waals surface area contributed by atoms with Crippen LogP contribution in [0.2, 0.25) is 0 Å². The van der Waals surface area contributed by atoms with Crippen LogP contribution in [0.5, 0.6) is 0 Å². The van der Waals surface area contributed by atoms with E-state index in [1.54, 1.807) is 21.6 Å². The number of fused-ring (bicyclic) bond motifs is 1. The molecule has 0 saturated carbocycles. The normalized spacial score (nSPS) is 11.2. The van der Waals surface area contributed by atoms with Gasteiger partial charge in [-0.2, -0.15) is 0 Å². The molecule has 0 N–H and O–H groups in total.